The minimum Gasteiger partial charge on any atom is -0.481 e. The first-order chi connectivity index (χ1) is 21.0. The lowest BCUT2D eigenvalue weighted by Gasteiger charge is -2.38. The molecule has 6 unspecified atom stereocenters. The summed E-state index contributed by atoms with van der Waals surface area (Å²) in [6.45, 7) is 7.07. The number of methoxy groups -OCH3 is 2. The summed E-state index contributed by atoms with van der Waals surface area (Å²) in [6.07, 6.45) is 7.46. The molecule has 0 aromatic heterocycles. The summed E-state index contributed by atoms with van der Waals surface area (Å²) in [6, 6.07) is -0.653. The first-order valence-corrected chi connectivity index (χ1v) is 16.7. The van der Waals surface area contributed by atoms with E-state index in [0.717, 1.165) is 57.9 Å². The topological polar surface area (TPSA) is 167 Å². The lowest BCUT2D eigenvalue weighted by molar-refractivity contribution is -0.139. The maximum absolute atomic E-state index is 13.5. The van der Waals surface area contributed by atoms with Crippen molar-refractivity contribution in [3.8, 4) is 0 Å². The van der Waals surface area contributed by atoms with Crippen LogP contribution < -0.4 is 26.6 Å². The minimum absolute atomic E-state index is 0.00638. The van der Waals surface area contributed by atoms with Crippen molar-refractivity contribution in [1.29, 1.82) is 0 Å². The zero-order valence-electron chi connectivity index (χ0n) is 27.4. The van der Waals surface area contributed by atoms with Crippen molar-refractivity contribution in [3.05, 3.63) is 0 Å². The number of hydrogen-bond acceptors (Lipinski definition) is 7. The Hall–Kier alpha value is -2.44. The number of ether oxygens (including phenoxy) is 2. The Labute approximate surface area is 262 Å². The number of carboxylic acid groups (broad SMARTS) is 1. The van der Waals surface area contributed by atoms with Gasteiger partial charge in [0.05, 0.1) is 24.8 Å². The zero-order chi connectivity index (χ0) is 32.2. The second kappa shape index (κ2) is 17.9. The molecule has 1 saturated heterocycles. The standard InChI is InChI=1S/C32H57N5O7/c1-19(2)15-22(31(41)36-25(18-29(39)40)21-8-13-26(43-4)27(16-21)44-5)17-28(38)34-23-9-11-24(12-10-23)35-32(42)37-30-20(3)7-6-14-33-30/h19-27,30,33H,6-18H2,1-5H3,(H,34,38)(H,36,41)(H,39,40)(H2,35,37,42)/t20?,21?,22?,23?,24?,25-,26?,27?,30?/m0/s1. The van der Waals surface area contributed by atoms with Crippen molar-refractivity contribution >= 4 is 23.8 Å². The Bertz CT molecular complexity index is 942. The van der Waals surface area contributed by atoms with Crippen molar-refractivity contribution < 1.29 is 33.8 Å². The number of carbonyl (C=O) groups excluding carboxylic acids is 3. The predicted molar refractivity (Wildman–Crippen MR) is 167 cm³/mol. The highest BCUT2D eigenvalue weighted by molar-refractivity contribution is 5.86. The van der Waals surface area contributed by atoms with Crippen molar-refractivity contribution in [2.75, 3.05) is 20.8 Å². The van der Waals surface area contributed by atoms with Crippen molar-refractivity contribution in [3.63, 3.8) is 0 Å². The molecule has 0 radical (unpaired) electrons. The number of aliphatic carboxylic acids is 1. The van der Waals surface area contributed by atoms with Crippen molar-refractivity contribution in [1.82, 2.24) is 26.6 Å². The normalized spacial score (nSPS) is 30.5. The van der Waals surface area contributed by atoms with Crippen LogP contribution in [-0.2, 0) is 23.9 Å². The first kappa shape index (κ1) is 36.0. The van der Waals surface area contributed by atoms with Crippen LogP contribution in [0.5, 0.6) is 0 Å². The quantitative estimate of drug-likeness (QED) is 0.172. The highest BCUT2D eigenvalue weighted by Gasteiger charge is 2.37. The smallest absolute Gasteiger partial charge is 0.316 e. The Kier molecular flexibility index (Phi) is 14.7. The van der Waals surface area contributed by atoms with Crippen molar-refractivity contribution in [2.45, 2.75) is 134 Å². The fraction of sp³-hybridized carbons (Fsp3) is 0.875. The molecule has 4 amide bonds. The van der Waals surface area contributed by atoms with Gasteiger partial charge >= 0.3 is 12.0 Å². The van der Waals surface area contributed by atoms with E-state index in [1.807, 2.05) is 13.8 Å². The molecule has 12 nitrogen and oxygen atoms in total. The number of nitrogens with one attached hydrogen (secondary N) is 5. The first-order valence-electron chi connectivity index (χ1n) is 16.7. The number of piperidine rings is 1. The second-order valence-corrected chi connectivity index (χ2v) is 13.7. The second-order valence-electron chi connectivity index (χ2n) is 13.7. The summed E-state index contributed by atoms with van der Waals surface area (Å²) >= 11 is 0. The van der Waals surface area contributed by atoms with Gasteiger partial charge in [0.25, 0.3) is 0 Å². The van der Waals surface area contributed by atoms with E-state index in [9.17, 15) is 24.3 Å². The number of carbonyl (C=O) groups is 4. The molecule has 2 aliphatic carbocycles. The van der Waals surface area contributed by atoms with Crippen molar-refractivity contribution in [2.24, 2.45) is 23.7 Å². The molecule has 3 rings (SSSR count). The molecule has 1 aliphatic heterocycles. The monoisotopic (exact) mass is 623 g/mol. The van der Waals surface area contributed by atoms with E-state index in [1.54, 1.807) is 14.2 Å². The van der Waals surface area contributed by atoms with Gasteiger partial charge in [0.15, 0.2) is 0 Å². The largest absolute Gasteiger partial charge is 0.481 e. The van der Waals surface area contributed by atoms with E-state index in [4.69, 9.17) is 9.47 Å². The van der Waals surface area contributed by atoms with Crippen LogP contribution >= 0.6 is 0 Å². The molecule has 0 spiro atoms. The third-order valence-electron chi connectivity index (χ3n) is 9.71. The van der Waals surface area contributed by atoms with Gasteiger partial charge in [0.1, 0.15) is 0 Å². The highest BCUT2D eigenvalue weighted by atomic mass is 16.5. The van der Waals surface area contributed by atoms with Crippen LogP contribution in [0.4, 0.5) is 4.79 Å². The van der Waals surface area contributed by atoms with Crippen LogP contribution in [-0.4, -0.2) is 86.2 Å². The fourth-order valence-corrected chi connectivity index (χ4v) is 7.20. The van der Waals surface area contributed by atoms with Crippen LogP contribution in [0.2, 0.25) is 0 Å². The van der Waals surface area contributed by atoms with Gasteiger partial charge in [-0.1, -0.05) is 20.8 Å². The summed E-state index contributed by atoms with van der Waals surface area (Å²) in [4.78, 5) is 50.9. The highest BCUT2D eigenvalue weighted by Crippen LogP contribution is 2.32. The average Bonchev–Trinajstić information content (AvgIpc) is 2.97. The van der Waals surface area contributed by atoms with E-state index < -0.39 is 17.9 Å². The van der Waals surface area contributed by atoms with E-state index in [-0.39, 0.29) is 73.0 Å². The summed E-state index contributed by atoms with van der Waals surface area (Å²) in [7, 11) is 3.27. The van der Waals surface area contributed by atoms with Gasteiger partial charge in [-0.15, -0.1) is 0 Å². The van der Waals surface area contributed by atoms with Crippen LogP contribution in [0.1, 0.15) is 97.8 Å². The Morgan fingerprint density at radius 3 is 2.11 bits per heavy atom. The molecular formula is C32H57N5O7. The molecule has 6 N–H and O–H groups in total. The van der Waals surface area contributed by atoms with Crippen LogP contribution in [0.3, 0.4) is 0 Å². The summed E-state index contributed by atoms with van der Waals surface area (Å²) in [5.41, 5.74) is 0. The van der Waals surface area contributed by atoms with Crippen LogP contribution in [0, 0.1) is 23.7 Å². The molecule has 3 aliphatic rings. The molecule has 12 heteroatoms. The number of carboxylic acids is 1. The molecule has 7 atom stereocenters. The van der Waals surface area contributed by atoms with E-state index in [1.165, 1.54) is 0 Å². The lowest BCUT2D eigenvalue weighted by Crippen LogP contribution is -2.56. The van der Waals surface area contributed by atoms with E-state index in [0.29, 0.717) is 18.8 Å². The number of hydrogen-bond donors (Lipinski definition) is 6. The molecule has 0 aromatic carbocycles. The predicted octanol–water partition coefficient (Wildman–Crippen LogP) is 2.90. The summed E-state index contributed by atoms with van der Waals surface area (Å²) in [5.74, 6) is -1.46. The van der Waals surface area contributed by atoms with Gasteiger partial charge in [-0.2, -0.15) is 0 Å². The molecule has 2 saturated carbocycles. The lowest BCUT2D eigenvalue weighted by atomic mass is 9.79. The fourth-order valence-electron chi connectivity index (χ4n) is 7.20. The van der Waals surface area contributed by atoms with Gasteiger partial charge in [0, 0.05) is 44.7 Å². The summed E-state index contributed by atoms with van der Waals surface area (Å²) in [5, 5.41) is 25.2. The molecule has 0 bridgehead atoms. The van der Waals surface area contributed by atoms with E-state index in [2.05, 4.69) is 33.5 Å². The van der Waals surface area contributed by atoms with Gasteiger partial charge in [0.2, 0.25) is 11.8 Å². The third-order valence-corrected chi connectivity index (χ3v) is 9.71. The Morgan fingerprint density at radius 2 is 1.52 bits per heavy atom. The zero-order valence-corrected chi connectivity index (χ0v) is 27.4. The van der Waals surface area contributed by atoms with E-state index >= 15 is 0 Å². The van der Waals surface area contributed by atoms with Crippen LogP contribution in [0.25, 0.3) is 0 Å². The molecule has 0 aromatic rings. The molecule has 1 heterocycles. The maximum Gasteiger partial charge on any atom is 0.316 e. The number of amides is 4. The Morgan fingerprint density at radius 1 is 0.864 bits per heavy atom. The minimum atomic E-state index is -0.973. The maximum atomic E-state index is 13.5. The van der Waals surface area contributed by atoms with Gasteiger partial charge in [-0.05, 0) is 88.5 Å². The SMILES string of the molecule is COC1CCC([C@H](CC(=O)O)NC(=O)C(CC(=O)NC2CCC(NC(=O)NC3NCCCC3C)CC2)CC(C)C)CC1OC. The molecule has 44 heavy (non-hydrogen) atoms. The van der Waals surface area contributed by atoms with Gasteiger partial charge in [-0.25, -0.2) is 4.79 Å². The van der Waals surface area contributed by atoms with Gasteiger partial charge in [-0.3, -0.25) is 19.7 Å². The molecular weight excluding hydrogens is 566 g/mol. The van der Waals surface area contributed by atoms with Crippen LogP contribution in [0.15, 0.2) is 0 Å². The molecule has 3 fully saturated rings. The molecule has 252 valence electrons. The number of rotatable bonds is 14. The average molecular weight is 624 g/mol. The Balaban J connectivity index is 1.49. The summed E-state index contributed by atoms with van der Waals surface area (Å²) < 4.78 is 11.1. The van der Waals surface area contributed by atoms with Gasteiger partial charge < -0.3 is 35.8 Å². The number of urea groups is 1. The third kappa shape index (κ3) is 11.5.